The third-order valence-corrected chi connectivity index (χ3v) is 3.41. The molecule has 0 aliphatic carbocycles. The lowest BCUT2D eigenvalue weighted by Crippen LogP contribution is -2.31. The highest BCUT2D eigenvalue weighted by atomic mass is 32.1. The second-order valence-electron chi connectivity index (χ2n) is 3.54. The molecule has 0 spiro atoms. The van der Waals surface area contributed by atoms with Crippen LogP contribution < -0.4 is 5.32 Å². The van der Waals surface area contributed by atoms with E-state index in [9.17, 15) is 5.11 Å². The molecule has 1 unspecified atom stereocenters. The standard InChI is InChI=1S/C10H14N2OS/c1-6-10(14-7(2)12-6)8-3-9(13)5-11-4-8/h3,9,11,13H,4-5H2,1-2H3. The van der Waals surface area contributed by atoms with Gasteiger partial charge in [0.2, 0.25) is 0 Å². The van der Waals surface area contributed by atoms with E-state index >= 15 is 0 Å². The van der Waals surface area contributed by atoms with Crippen molar-refractivity contribution in [1.29, 1.82) is 0 Å². The molecule has 0 aromatic carbocycles. The Bertz CT molecular complexity index is 370. The van der Waals surface area contributed by atoms with Crippen LogP contribution >= 0.6 is 11.3 Å². The zero-order chi connectivity index (χ0) is 10.1. The second-order valence-corrected chi connectivity index (χ2v) is 4.74. The Kier molecular flexibility index (Phi) is 2.67. The van der Waals surface area contributed by atoms with Crippen LogP contribution in [0, 0.1) is 13.8 Å². The van der Waals surface area contributed by atoms with Crippen molar-refractivity contribution in [3.63, 3.8) is 0 Å². The van der Waals surface area contributed by atoms with E-state index in [-0.39, 0.29) is 6.10 Å². The van der Waals surface area contributed by atoms with Gasteiger partial charge in [-0.25, -0.2) is 4.98 Å². The molecule has 0 fully saturated rings. The third kappa shape index (κ3) is 1.87. The molecule has 0 bridgehead atoms. The normalized spacial score (nSPS) is 22.2. The number of nitrogens with one attached hydrogen (secondary N) is 1. The minimum absolute atomic E-state index is 0.361. The van der Waals surface area contributed by atoms with Crippen LogP contribution in [0.5, 0.6) is 0 Å². The molecule has 3 nitrogen and oxygen atoms in total. The largest absolute Gasteiger partial charge is 0.388 e. The van der Waals surface area contributed by atoms with Gasteiger partial charge in [0.1, 0.15) is 0 Å². The Morgan fingerprint density at radius 2 is 2.36 bits per heavy atom. The molecule has 2 heterocycles. The highest BCUT2D eigenvalue weighted by molar-refractivity contribution is 7.12. The molecule has 1 aromatic rings. The Hall–Kier alpha value is -0.710. The van der Waals surface area contributed by atoms with Crippen molar-refractivity contribution >= 4 is 16.9 Å². The lowest BCUT2D eigenvalue weighted by atomic mass is 10.1. The van der Waals surface area contributed by atoms with Crippen molar-refractivity contribution in [2.24, 2.45) is 0 Å². The van der Waals surface area contributed by atoms with E-state index in [4.69, 9.17) is 0 Å². The lowest BCUT2D eigenvalue weighted by molar-refractivity contribution is 0.217. The first kappa shape index (κ1) is 9.83. The molecule has 1 aliphatic heterocycles. The van der Waals surface area contributed by atoms with Gasteiger partial charge in [-0.2, -0.15) is 0 Å². The number of aryl methyl sites for hydroxylation is 2. The van der Waals surface area contributed by atoms with Crippen LogP contribution in [0.2, 0.25) is 0 Å². The molecule has 2 N–H and O–H groups in total. The lowest BCUT2D eigenvalue weighted by Gasteiger charge is -2.17. The highest BCUT2D eigenvalue weighted by Gasteiger charge is 2.15. The van der Waals surface area contributed by atoms with Gasteiger partial charge in [0.05, 0.1) is 21.7 Å². The van der Waals surface area contributed by atoms with Crippen LogP contribution in [0.3, 0.4) is 0 Å². The van der Waals surface area contributed by atoms with Crippen molar-refractivity contribution in [3.05, 3.63) is 21.7 Å². The minimum atomic E-state index is -0.361. The van der Waals surface area contributed by atoms with Crippen molar-refractivity contribution in [2.75, 3.05) is 13.1 Å². The van der Waals surface area contributed by atoms with Crippen molar-refractivity contribution in [3.8, 4) is 0 Å². The monoisotopic (exact) mass is 210 g/mol. The van der Waals surface area contributed by atoms with Crippen LogP contribution in [0.4, 0.5) is 0 Å². The molecular formula is C10H14N2OS. The predicted molar refractivity (Wildman–Crippen MR) is 58.4 cm³/mol. The fourth-order valence-corrected chi connectivity index (χ4v) is 2.63. The first-order chi connectivity index (χ1) is 6.66. The summed E-state index contributed by atoms with van der Waals surface area (Å²) in [6, 6.07) is 0. The van der Waals surface area contributed by atoms with Gasteiger partial charge >= 0.3 is 0 Å². The molecule has 76 valence electrons. The van der Waals surface area contributed by atoms with E-state index in [0.717, 1.165) is 17.2 Å². The zero-order valence-corrected chi connectivity index (χ0v) is 9.19. The molecule has 1 aromatic heterocycles. The van der Waals surface area contributed by atoms with Crippen molar-refractivity contribution in [2.45, 2.75) is 20.0 Å². The van der Waals surface area contributed by atoms with E-state index in [2.05, 4.69) is 10.3 Å². The minimum Gasteiger partial charge on any atom is -0.388 e. The summed E-state index contributed by atoms with van der Waals surface area (Å²) in [4.78, 5) is 5.58. The van der Waals surface area contributed by atoms with Gasteiger partial charge in [-0.3, -0.25) is 0 Å². The molecule has 4 heteroatoms. The molecule has 14 heavy (non-hydrogen) atoms. The van der Waals surface area contributed by atoms with E-state index in [1.165, 1.54) is 10.5 Å². The first-order valence-electron chi connectivity index (χ1n) is 4.70. The quantitative estimate of drug-likeness (QED) is 0.730. The Morgan fingerprint density at radius 1 is 1.57 bits per heavy atom. The second kappa shape index (κ2) is 3.81. The van der Waals surface area contributed by atoms with Crippen LogP contribution in [0.15, 0.2) is 6.08 Å². The van der Waals surface area contributed by atoms with Crippen LogP contribution in [0.25, 0.3) is 5.57 Å². The van der Waals surface area contributed by atoms with Gasteiger partial charge in [-0.1, -0.05) is 0 Å². The summed E-state index contributed by atoms with van der Waals surface area (Å²) in [5.41, 5.74) is 2.24. The maximum Gasteiger partial charge on any atom is 0.0903 e. The first-order valence-corrected chi connectivity index (χ1v) is 5.52. The number of aliphatic hydroxyl groups is 1. The average molecular weight is 210 g/mol. The smallest absolute Gasteiger partial charge is 0.0903 e. The summed E-state index contributed by atoms with van der Waals surface area (Å²) in [7, 11) is 0. The van der Waals surface area contributed by atoms with E-state index in [0.29, 0.717) is 6.54 Å². The third-order valence-electron chi connectivity index (χ3n) is 2.26. The maximum atomic E-state index is 9.48. The van der Waals surface area contributed by atoms with E-state index in [1.54, 1.807) is 11.3 Å². The number of thiazole rings is 1. The number of hydrogen-bond donors (Lipinski definition) is 2. The molecular weight excluding hydrogens is 196 g/mol. The summed E-state index contributed by atoms with van der Waals surface area (Å²) in [5, 5.41) is 13.7. The zero-order valence-electron chi connectivity index (χ0n) is 8.37. The van der Waals surface area contributed by atoms with Gasteiger partial charge in [0, 0.05) is 13.1 Å². The fourth-order valence-electron chi connectivity index (χ4n) is 1.69. The summed E-state index contributed by atoms with van der Waals surface area (Å²) < 4.78 is 0. The molecule has 2 rings (SSSR count). The van der Waals surface area contributed by atoms with E-state index < -0.39 is 0 Å². The predicted octanol–water partition coefficient (Wildman–Crippen LogP) is 1.11. The van der Waals surface area contributed by atoms with Gasteiger partial charge in [0.25, 0.3) is 0 Å². The summed E-state index contributed by atoms with van der Waals surface area (Å²) >= 11 is 1.69. The summed E-state index contributed by atoms with van der Waals surface area (Å²) in [5.74, 6) is 0. The number of hydrogen-bond acceptors (Lipinski definition) is 4. The molecule has 0 saturated heterocycles. The summed E-state index contributed by atoms with van der Waals surface area (Å²) in [6.07, 6.45) is 1.57. The number of rotatable bonds is 1. The molecule has 0 radical (unpaired) electrons. The van der Waals surface area contributed by atoms with Crippen molar-refractivity contribution < 1.29 is 5.11 Å². The van der Waals surface area contributed by atoms with Gasteiger partial charge < -0.3 is 10.4 Å². The summed E-state index contributed by atoms with van der Waals surface area (Å²) in [6.45, 7) is 5.51. The number of nitrogens with zero attached hydrogens (tertiary/aromatic N) is 1. The number of aliphatic hydroxyl groups excluding tert-OH is 1. The van der Waals surface area contributed by atoms with Gasteiger partial charge in [-0.15, -0.1) is 11.3 Å². The Balaban J connectivity index is 2.34. The fraction of sp³-hybridized carbons (Fsp3) is 0.500. The Labute approximate surface area is 87.5 Å². The van der Waals surface area contributed by atoms with Crippen LogP contribution in [-0.2, 0) is 0 Å². The topological polar surface area (TPSA) is 45.2 Å². The van der Waals surface area contributed by atoms with Crippen LogP contribution in [-0.4, -0.2) is 29.3 Å². The van der Waals surface area contributed by atoms with Crippen LogP contribution in [0.1, 0.15) is 15.6 Å². The average Bonchev–Trinajstić information content (AvgIpc) is 2.45. The van der Waals surface area contributed by atoms with Crippen molar-refractivity contribution in [1.82, 2.24) is 10.3 Å². The molecule has 1 aliphatic rings. The molecule has 0 saturated carbocycles. The SMILES string of the molecule is Cc1nc(C)c(C2=CC(O)CNC2)s1. The molecule has 0 amide bonds. The molecule has 1 atom stereocenters. The van der Waals surface area contributed by atoms with E-state index in [1.807, 2.05) is 19.9 Å². The Morgan fingerprint density at radius 3 is 2.93 bits per heavy atom. The number of β-amino-alcohol motifs (C(OH)–C–C–N with tert-alkyl or cyclic N) is 1. The number of aromatic nitrogens is 1. The maximum absolute atomic E-state index is 9.48. The highest BCUT2D eigenvalue weighted by Crippen LogP contribution is 2.26. The van der Waals surface area contributed by atoms with Gasteiger partial charge in [0.15, 0.2) is 0 Å². The van der Waals surface area contributed by atoms with Gasteiger partial charge in [-0.05, 0) is 25.5 Å².